The molecule has 1 spiro atoms. The van der Waals surface area contributed by atoms with Gasteiger partial charge < -0.3 is 64.8 Å². The minimum atomic E-state index is -1.70. The lowest BCUT2D eigenvalue weighted by molar-refractivity contribution is -0.158. The van der Waals surface area contributed by atoms with Crippen LogP contribution in [0.4, 0.5) is 13.2 Å². The quantitative estimate of drug-likeness (QED) is 0.158. The third-order valence-corrected chi connectivity index (χ3v) is 23.9. The molecule has 2 bridgehead atoms. The minimum Gasteiger partial charge on any atom is -0.377 e. The van der Waals surface area contributed by atoms with Crippen molar-refractivity contribution < 1.29 is 75.4 Å². The van der Waals surface area contributed by atoms with Crippen LogP contribution in [0.5, 0.6) is 0 Å². The Morgan fingerprint density at radius 1 is 0.689 bits per heavy atom. The number of alkyl halides is 4. The van der Waals surface area contributed by atoms with Gasteiger partial charge in [0.2, 0.25) is 70.9 Å². The fourth-order valence-electron chi connectivity index (χ4n) is 16.6. The van der Waals surface area contributed by atoms with Crippen LogP contribution in [0.1, 0.15) is 176 Å². The monoisotopic (exact) mass is 1470 g/mol. The molecule has 0 aromatic rings. The highest BCUT2D eigenvalue weighted by Gasteiger charge is 2.54. The predicted molar refractivity (Wildman–Crippen MR) is 381 cm³/mol. The molecule has 12 amide bonds. The first-order valence-electron chi connectivity index (χ1n) is 37.7. The van der Waals surface area contributed by atoms with E-state index >= 15 is 41.9 Å². The summed E-state index contributed by atoms with van der Waals surface area (Å²) in [5.74, 6) is -10.4. The van der Waals surface area contributed by atoms with Gasteiger partial charge in [-0.1, -0.05) is 66.0 Å². The maximum absolute atomic E-state index is 15.5. The van der Waals surface area contributed by atoms with Gasteiger partial charge in [-0.25, -0.2) is 13.2 Å². The summed E-state index contributed by atoms with van der Waals surface area (Å²) in [7, 11) is 11.4. The second-order valence-corrected chi connectivity index (χ2v) is 31.9. The fourth-order valence-corrected chi connectivity index (χ4v) is 16.8. The number of fused-ring (bicyclic) bond motifs is 3. The minimum absolute atomic E-state index is 0.00210. The molecule has 5 unspecified atom stereocenters. The predicted octanol–water partition coefficient (Wildman–Crippen LogP) is 5.19. The highest BCUT2D eigenvalue weighted by atomic mass is 35.5. The van der Waals surface area contributed by atoms with Crippen LogP contribution in [-0.2, 0) is 62.3 Å². The molecule has 3 N–H and O–H groups in total. The molecule has 29 heteroatoms. The largest absolute Gasteiger partial charge is 0.377 e. The highest BCUT2D eigenvalue weighted by molar-refractivity contribution is 6.21. The number of hydrogen-bond donors (Lipinski definition) is 3. The second kappa shape index (κ2) is 37.1. The van der Waals surface area contributed by atoms with Crippen molar-refractivity contribution in [1.29, 1.82) is 0 Å². The molecular formula is C74H118ClF3N12O13. The van der Waals surface area contributed by atoms with Crippen molar-refractivity contribution >= 4 is 82.5 Å². The Balaban J connectivity index is 1.32. The fraction of sp³-hybridized carbons (Fsp3) is 0.811. The standard InChI is InChI=1S/C74H118ClF3N12O13/c1-15-44(5)63-71(100)84(10)42-61(93)85(11)54-25-18-17-21-32-89(70(54)99)58(37-48-27-28-49(76)34-45(48)6)69(98)83(9)41-59(91)79-53(29-26-46-35-51(77)62(75)52(78)36-46)67(96)90-40-50(103-16-2)38-56(90)66(95)81-74(30-22-31-74)73(102)88(14)64(47-23-19-20-24-47)72(101)87(13)57(68(97)82(7)8)39-60(92)86(12)55(33-43(3)4)65(94)80-63/h17-18,43-58,62-64H,15-16,19-42H2,1-14H3,(H,79,91)(H,80,94)(H,81,95)/b18-17-/t44-,45?,46?,48?,49?,50+,51?,52?,53-,54-,55-,56-,57-,58-,62?,63-,64-/m0/s1. The topological polar surface area (TPSA) is 279 Å². The number of ether oxygens (including phenoxy) is 1. The summed E-state index contributed by atoms with van der Waals surface area (Å²) in [6, 6.07) is -10.3. The average Bonchev–Trinajstić information content (AvgIpc) is 1.68. The molecule has 580 valence electrons. The molecule has 6 fully saturated rings. The zero-order valence-electron chi connectivity index (χ0n) is 63.4. The van der Waals surface area contributed by atoms with Crippen molar-refractivity contribution in [3.63, 3.8) is 0 Å². The molecule has 25 nitrogen and oxygen atoms in total. The Morgan fingerprint density at radius 2 is 1.34 bits per heavy atom. The molecule has 15 atom stereocenters. The van der Waals surface area contributed by atoms with Gasteiger partial charge in [-0.05, 0) is 145 Å². The molecule has 7 aliphatic rings. The van der Waals surface area contributed by atoms with Gasteiger partial charge in [-0.3, -0.25) is 57.5 Å². The molecule has 103 heavy (non-hydrogen) atoms. The molecule has 3 aliphatic heterocycles. The summed E-state index contributed by atoms with van der Waals surface area (Å²) in [6.45, 7) is 9.72. The molecule has 3 heterocycles. The smallest absolute Gasteiger partial charge is 0.248 e. The number of carbonyl (C=O) groups excluding carboxylic acids is 12. The summed E-state index contributed by atoms with van der Waals surface area (Å²) in [4.78, 5) is 192. The Bertz CT molecular complexity index is 3060. The van der Waals surface area contributed by atoms with Crippen LogP contribution in [0.15, 0.2) is 12.2 Å². The summed E-state index contributed by atoms with van der Waals surface area (Å²) in [6.07, 6.45) is 2.35. The molecule has 0 radical (unpaired) electrons. The Labute approximate surface area is 612 Å². The summed E-state index contributed by atoms with van der Waals surface area (Å²) >= 11 is 6.11. The SMILES string of the molecule is CCO[C@@H]1C[C@H]2C(=O)NC3(CCC3)C(=O)N(C)[C@@H](C3CCCC3)C(=O)N(C)[C@H](C(=O)N(C)C)CC(=O)N(C)[C@@H](CC(C)C)C(=O)N[C@@H]([C@@H](C)CC)C(=O)N(C)CC(=O)N(C)[C@H]3C/C=C\CCN(C3=O)[C@@H](CC3CCC(F)CC3C)C(=O)N(C)CC(=O)N[C@@H](CCC3CC(F)C(Cl)C(F)C3)C(=O)N2C1. The van der Waals surface area contributed by atoms with E-state index in [1.807, 2.05) is 33.8 Å². The maximum Gasteiger partial charge on any atom is 0.248 e. The first-order chi connectivity index (χ1) is 48.6. The Kier molecular flexibility index (Phi) is 30.1. The molecule has 2 saturated heterocycles. The van der Waals surface area contributed by atoms with Gasteiger partial charge in [0.15, 0.2) is 0 Å². The molecule has 4 aliphatic carbocycles. The van der Waals surface area contributed by atoms with E-state index in [-0.39, 0.29) is 114 Å². The number of nitrogens with zero attached hydrogens (tertiary/aromatic N) is 9. The molecule has 0 aromatic carbocycles. The van der Waals surface area contributed by atoms with Gasteiger partial charge in [0.1, 0.15) is 72.4 Å². The lowest BCUT2D eigenvalue weighted by atomic mass is 9.74. The number of carbonyl (C=O) groups is 12. The van der Waals surface area contributed by atoms with E-state index in [4.69, 9.17) is 16.3 Å². The zero-order valence-corrected chi connectivity index (χ0v) is 64.1. The molecule has 7 rings (SSSR count). The van der Waals surface area contributed by atoms with Crippen molar-refractivity contribution in [3.05, 3.63) is 12.2 Å². The Hall–Kier alpha value is -6.58. The third-order valence-electron chi connectivity index (χ3n) is 23.4. The van der Waals surface area contributed by atoms with Gasteiger partial charge in [-0.2, -0.15) is 0 Å². The highest BCUT2D eigenvalue weighted by Crippen LogP contribution is 2.41. The molecule has 0 aromatic heterocycles. The third kappa shape index (κ3) is 20.3. The number of rotatable bonds is 13. The van der Waals surface area contributed by atoms with Crippen LogP contribution >= 0.6 is 11.6 Å². The first-order valence-corrected chi connectivity index (χ1v) is 38.1. The van der Waals surface area contributed by atoms with E-state index in [9.17, 15) is 28.8 Å². The second-order valence-electron chi connectivity index (χ2n) is 31.4. The van der Waals surface area contributed by atoms with Crippen molar-refractivity contribution in [2.75, 3.05) is 89.2 Å². The number of amides is 12. The first kappa shape index (κ1) is 83.7. The summed E-state index contributed by atoms with van der Waals surface area (Å²) in [5.41, 5.74) is -1.59. The van der Waals surface area contributed by atoms with Gasteiger partial charge in [0.25, 0.3) is 0 Å². The van der Waals surface area contributed by atoms with Gasteiger partial charge in [0, 0.05) is 82.5 Å². The average molecular weight is 1480 g/mol. The van der Waals surface area contributed by atoms with Crippen LogP contribution in [-0.4, -0.2) is 288 Å². The van der Waals surface area contributed by atoms with E-state index in [2.05, 4.69) is 16.0 Å². The van der Waals surface area contributed by atoms with Crippen molar-refractivity contribution in [2.24, 2.45) is 35.5 Å². The van der Waals surface area contributed by atoms with Crippen LogP contribution < -0.4 is 16.0 Å². The lowest BCUT2D eigenvalue weighted by Gasteiger charge is -2.46. The van der Waals surface area contributed by atoms with Crippen molar-refractivity contribution in [3.8, 4) is 0 Å². The number of likely N-dealkylation sites (N-methyl/N-ethyl adjacent to an activating group) is 7. The van der Waals surface area contributed by atoms with E-state index < -0.39 is 192 Å². The maximum atomic E-state index is 15.5. The zero-order chi connectivity index (χ0) is 76.2. The van der Waals surface area contributed by atoms with Crippen molar-refractivity contribution in [2.45, 2.75) is 260 Å². The molecular weight excluding hydrogens is 1360 g/mol. The van der Waals surface area contributed by atoms with E-state index in [0.29, 0.717) is 38.5 Å². The molecule has 4 saturated carbocycles. The van der Waals surface area contributed by atoms with E-state index in [1.165, 1.54) is 90.7 Å². The van der Waals surface area contributed by atoms with Crippen LogP contribution in [0.2, 0.25) is 0 Å². The van der Waals surface area contributed by atoms with Crippen molar-refractivity contribution in [1.82, 2.24) is 60.0 Å². The lowest BCUT2D eigenvalue weighted by Crippen LogP contribution is -2.68. The number of halogens is 4. The van der Waals surface area contributed by atoms with E-state index in [0.717, 1.165) is 22.6 Å². The number of hydrogen-bond acceptors (Lipinski definition) is 13. The Morgan fingerprint density at radius 3 is 1.93 bits per heavy atom. The summed E-state index contributed by atoms with van der Waals surface area (Å²) < 4.78 is 51.7. The van der Waals surface area contributed by atoms with Crippen LogP contribution in [0, 0.1) is 35.5 Å². The van der Waals surface area contributed by atoms with E-state index in [1.54, 1.807) is 19.9 Å². The van der Waals surface area contributed by atoms with Crippen LogP contribution in [0.3, 0.4) is 0 Å². The normalized spacial score (nSPS) is 33.3. The number of nitrogens with one attached hydrogen (secondary N) is 3. The van der Waals surface area contributed by atoms with Gasteiger partial charge in [-0.15, -0.1) is 11.6 Å². The van der Waals surface area contributed by atoms with Crippen LogP contribution in [0.25, 0.3) is 0 Å². The van der Waals surface area contributed by atoms with Gasteiger partial charge in [0.05, 0.1) is 31.0 Å². The van der Waals surface area contributed by atoms with Gasteiger partial charge >= 0.3 is 0 Å². The summed E-state index contributed by atoms with van der Waals surface area (Å²) in [5, 5.41) is 7.36.